The van der Waals surface area contributed by atoms with E-state index < -0.39 is 5.54 Å². The summed E-state index contributed by atoms with van der Waals surface area (Å²) in [5, 5.41) is 3.62. The topological polar surface area (TPSA) is 32.3 Å². The fourth-order valence-corrected chi connectivity index (χ4v) is 4.42. The number of nitrogens with one attached hydrogen (secondary N) is 1. The summed E-state index contributed by atoms with van der Waals surface area (Å²) in [6.45, 7) is 8.52. The van der Waals surface area contributed by atoms with Gasteiger partial charge in [-0.05, 0) is 51.2 Å². The molecule has 1 aliphatic carbocycles. The van der Waals surface area contributed by atoms with Gasteiger partial charge in [-0.15, -0.1) is 11.3 Å². The zero-order chi connectivity index (χ0) is 15.2. The van der Waals surface area contributed by atoms with Crippen molar-refractivity contribution in [1.29, 1.82) is 0 Å². The van der Waals surface area contributed by atoms with E-state index in [2.05, 4.69) is 50.0 Å². The summed E-state index contributed by atoms with van der Waals surface area (Å²) >= 11 is 1.81. The Balaban J connectivity index is 1.88. The quantitative estimate of drug-likeness (QED) is 0.896. The van der Waals surface area contributed by atoms with Crippen LogP contribution in [0.1, 0.15) is 62.4 Å². The maximum absolute atomic E-state index is 12.9. The first-order chi connectivity index (χ1) is 10.00. The number of carbonyl (C=O) groups excluding carboxylic acids is 1. The van der Waals surface area contributed by atoms with Crippen LogP contribution in [0.2, 0.25) is 0 Å². The van der Waals surface area contributed by atoms with Gasteiger partial charge in [-0.3, -0.25) is 10.1 Å². The number of amides is 1. The van der Waals surface area contributed by atoms with Crippen molar-refractivity contribution in [3.63, 3.8) is 0 Å². The summed E-state index contributed by atoms with van der Waals surface area (Å²) in [6, 6.07) is 4.78. The second-order valence-corrected chi connectivity index (χ2v) is 8.06. The largest absolute Gasteiger partial charge is 0.317 e. The third kappa shape index (κ3) is 2.53. The van der Waals surface area contributed by atoms with Gasteiger partial charge in [0.05, 0.1) is 5.54 Å². The average molecular weight is 306 g/mol. The van der Waals surface area contributed by atoms with E-state index in [1.165, 1.54) is 29.0 Å². The highest BCUT2D eigenvalue weighted by Gasteiger charge is 2.55. The fourth-order valence-electron chi connectivity index (χ4n) is 3.49. The van der Waals surface area contributed by atoms with E-state index in [1.54, 1.807) is 11.3 Å². The molecule has 4 heteroatoms. The van der Waals surface area contributed by atoms with Crippen molar-refractivity contribution in [2.75, 3.05) is 0 Å². The molecule has 3 rings (SSSR count). The van der Waals surface area contributed by atoms with Crippen molar-refractivity contribution >= 4 is 17.2 Å². The van der Waals surface area contributed by atoms with Gasteiger partial charge >= 0.3 is 0 Å². The summed E-state index contributed by atoms with van der Waals surface area (Å²) in [4.78, 5) is 17.7. The smallest absolute Gasteiger partial charge is 0.244 e. The van der Waals surface area contributed by atoms with Gasteiger partial charge in [0.1, 0.15) is 6.17 Å². The molecule has 0 spiro atoms. The van der Waals surface area contributed by atoms with E-state index in [-0.39, 0.29) is 6.17 Å². The molecule has 2 heterocycles. The van der Waals surface area contributed by atoms with Gasteiger partial charge in [0.2, 0.25) is 5.91 Å². The van der Waals surface area contributed by atoms with E-state index in [0.29, 0.717) is 17.9 Å². The lowest BCUT2D eigenvalue weighted by molar-refractivity contribution is -0.133. The predicted molar refractivity (Wildman–Crippen MR) is 87.3 cm³/mol. The second-order valence-electron chi connectivity index (χ2n) is 6.75. The van der Waals surface area contributed by atoms with Crippen LogP contribution in [0, 0.1) is 12.8 Å². The minimum absolute atomic E-state index is 0.0769. The third-order valence-corrected chi connectivity index (χ3v) is 6.13. The van der Waals surface area contributed by atoms with Crippen LogP contribution >= 0.6 is 11.3 Å². The molecule has 1 saturated heterocycles. The SMILES string of the molecule is CCCC1CC1N1C(=O)C(C)(CC)NC1c1ccc(C)s1. The zero-order valence-corrected chi connectivity index (χ0v) is 14.3. The number of carbonyl (C=O) groups is 1. The Kier molecular flexibility index (Phi) is 3.87. The van der Waals surface area contributed by atoms with E-state index in [4.69, 9.17) is 0 Å². The number of hydrogen-bond donors (Lipinski definition) is 1. The van der Waals surface area contributed by atoms with Gasteiger partial charge in [-0.2, -0.15) is 0 Å². The van der Waals surface area contributed by atoms with Crippen molar-refractivity contribution < 1.29 is 4.79 Å². The molecule has 1 N–H and O–H groups in total. The number of rotatable bonds is 5. The monoisotopic (exact) mass is 306 g/mol. The van der Waals surface area contributed by atoms with Crippen LogP contribution in [-0.2, 0) is 4.79 Å². The molecule has 4 atom stereocenters. The van der Waals surface area contributed by atoms with Gasteiger partial charge in [0.25, 0.3) is 0 Å². The maximum atomic E-state index is 12.9. The minimum Gasteiger partial charge on any atom is -0.317 e. The van der Waals surface area contributed by atoms with Crippen LogP contribution in [-0.4, -0.2) is 22.4 Å². The molecule has 1 aromatic rings. The molecular formula is C17H26N2OS. The molecule has 1 aliphatic heterocycles. The lowest BCUT2D eigenvalue weighted by atomic mass is 9.99. The Morgan fingerprint density at radius 3 is 2.76 bits per heavy atom. The summed E-state index contributed by atoms with van der Waals surface area (Å²) < 4.78 is 0. The molecule has 1 saturated carbocycles. The van der Waals surface area contributed by atoms with Crippen LogP contribution in [0.5, 0.6) is 0 Å². The molecule has 2 fully saturated rings. The Bertz CT molecular complexity index is 541. The lowest BCUT2D eigenvalue weighted by Gasteiger charge is -2.24. The molecule has 4 unspecified atom stereocenters. The lowest BCUT2D eigenvalue weighted by Crippen LogP contribution is -2.43. The third-order valence-electron chi connectivity index (χ3n) is 5.08. The average Bonchev–Trinajstić information content (AvgIpc) is 2.97. The first-order valence-electron chi connectivity index (χ1n) is 8.17. The fraction of sp³-hybridized carbons (Fsp3) is 0.706. The number of aryl methyl sites for hydroxylation is 1. The Hall–Kier alpha value is -0.870. The van der Waals surface area contributed by atoms with E-state index in [1.807, 2.05) is 0 Å². The van der Waals surface area contributed by atoms with E-state index in [9.17, 15) is 4.79 Å². The van der Waals surface area contributed by atoms with Gasteiger partial charge in [-0.1, -0.05) is 20.3 Å². The number of nitrogens with zero attached hydrogens (tertiary/aromatic N) is 1. The molecule has 0 aromatic carbocycles. The van der Waals surface area contributed by atoms with Gasteiger partial charge in [0, 0.05) is 15.8 Å². The van der Waals surface area contributed by atoms with Crippen LogP contribution in [0.4, 0.5) is 0 Å². The zero-order valence-electron chi connectivity index (χ0n) is 13.5. The molecule has 21 heavy (non-hydrogen) atoms. The van der Waals surface area contributed by atoms with Crippen molar-refractivity contribution in [3.8, 4) is 0 Å². The maximum Gasteiger partial charge on any atom is 0.244 e. The number of thiophene rings is 1. The molecule has 1 amide bonds. The standard InChI is InChI=1S/C17H26N2OS/c1-5-7-12-10-13(12)19-15(14-9-8-11(3)21-14)18-17(4,6-2)16(19)20/h8-9,12-13,15,18H,5-7,10H2,1-4H3. The van der Waals surface area contributed by atoms with Gasteiger partial charge in [-0.25, -0.2) is 0 Å². The van der Waals surface area contributed by atoms with Gasteiger partial charge < -0.3 is 4.90 Å². The summed E-state index contributed by atoms with van der Waals surface area (Å²) in [6.07, 6.45) is 4.56. The van der Waals surface area contributed by atoms with Crippen molar-refractivity contribution in [1.82, 2.24) is 10.2 Å². The molecule has 0 radical (unpaired) electrons. The van der Waals surface area contributed by atoms with Crippen molar-refractivity contribution in [2.45, 2.75) is 71.1 Å². The summed E-state index contributed by atoms with van der Waals surface area (Å²) in [7, 11) is 0. The number of hydrogen-bond acceptors (Lipinski definition) is 3. The molecule has 3 nitrogen and oxygen atoms in total. The van der Waals surface area contributed by atoms with Crippen LogP contribution in [0.15, 0.2) is 12.1 Å². The molecule has 1 aromatic heterocycles. The van der Waals surface area contributed by atoms with E-state index in [0.717, 1.165) is 6.42 Å². The highest BCUT2D eigenvalue weighted by molar-refractivity contribution is 7.12. The Morgan fingerprint density at radius 1 is 1.43 bits per heavy atom. The first kappa shape index (κ1) is 15.0. The van der Waals surface area contributed by atoms with Crippen LogP contribution in [0.3, 0.4) is 0 Å². The highest BCUT2D eigenvalue weighted by atomic mass is 32.1. The summed E-state index contributed by atoms with van der Waals surface area (Å²) in [5.74, 6) is 1.01. The second kappa shape index (κ2) is 5.40. The normalized spacial score (nSPS) is 35.5. The molecule has 2 aliphatic rings. The van der Waals surface area contributed by atoms with E-state index >= 15 is 0 Å². The highest BCUT2D eigenvalue weighted by Crippen LogP contribution is 2.47. The van der Waals surface area contributed by atoms with Crippen molar-refractivity contribution in [2.24, 2.45) is 5.92 Å². The van der Waals surface area contributed by atoms with Crippen LogP contribution < -0.4 is 5.32 Å². The van der Waals surface area contributed by atoms with Crippen molar-refractivity contribution in [3.05, 3.63) is 21.9 Å². The molecule has 0 bridgehead atoms. The van der Waals surface area contributed by atoms with Crippen LogP contribution in [0.25, 0.3) is 0 Å². The van der Waals surface area contributed by atoms with Gasteiger partial charge in [0.15, 0.2) is 0 Å². The minimum atomic E-state index is -0.401. The Morgan fingerprint density at radius 2 is 2.19 bits per heavy atom. The summed E-state index contributed by atoms with van der Waals surface area (Å²) in [5.41, 5.74) is -0.401. The molecule has 116 valence electrons. The Labute approximate surface area is 131 Å². The predicted octanol–water partition coefficient (Wildman–Crippen LogP) is 3.84. The first-order valence-corrected chi connectivity index (χ1v) is 8.98. The molecular weight excluding hydrogens is 280 g/mol.